The molecule has 2 rings (SSSR count). The second-order valence-corrected chi connectivity index (χ2v) is 3.96. The topological polar surface area (TPSA) is 84.3 Å². The first-order valence-electron chi connectivity index (χ1n) is 5.43. The lowest BCUT2D eigenvalue weighted by Gasteiger charge is -2.24. The maximum Gasteiger partial charge on any atom is 0.292 e. The molecular weight excluding hydrogens is 222 g/mol. The molecule has 1 fully saturated rings. The van der Waals surface area contributed by atoms with Crippen LogP contribution >= 0.6 is 0 Å². The highest BCUT2D eigenvalue weighted by Crippen LogP contribution is 2.24. The van der Waals surface area contributed by atoms with Gasteiger partial charge in [-0.3, -0.25) is 14.9 Å². The van der Waals surface area contributed by atoms with Gasteiger partial charge in [-0.15, -0.1) is 0 Å². The molecule has 1 saturated heterocycles. The number of hydrogen-bond acceptors (Lipinski definition) is 4. The van der Waals surface area contributed by atoms with Crippen LogP contribution in [0, 0.1) is 10.1 Å². The molecule has 1 aromatic rings. The first kappa shape index (κ1) is 11.4. The summed E-state index contributed by atoms with van der Waals surface area (Å²) in [7, 11) is 0. The Balaban J connectivity index is 2.08. The highest BCUT2D eigenvalue weighted by molar-refractivity contribution is 5.77. The molecule has 1 aliphatic rings. The summed E-state index contributed by atoms with van der Waals surface area (Å²) in [5.74, 6) is 0.0330. The van der Waals surface area contributed by atoms with Crippen molar-refractivity contribution in [1.29, 1.82) is 0 Å². The fourth-order valence-corrected chi connectivity index (χ4v) is 1.83. The van der Waals surface area contributed by atoms with E-state index < -0.39 is 4.92 Å². The number of hydrogen-bond donors (Lipinski definition) is 2. The van der Waals surface area contributed by atoms with Gasteiger partial charge in [0, 0.05) is 25.1 Å². The van der Waals surface area contributed by atoms with Crippen LogP contribution in [-0.4, -0.2) is 23.4 Å². The third-order valence-corrected chi connectivity index (χ3v) is 2.73. The van der Waals surface area contributed by atoms with Crippen LogP contribution in [0.1, 0.15) is 12.8 Å². The number of nitro groups is 1. The molecule has 0 aromatic heterocycles. The number of benzene rings is 1. The van der Waals surface area contributed by atoms with Crippen LogP contribution in [0.4, 0.5) is 11.4 Å². The van der Waals surface area contributed by atoms with E-state index >= 15 is 0 Å². The SMILES string of the molecule is O=C1CCC(Nc2ccccc2[N+](=O)[O-])CN1. The van der Waals surface area contributed by atoms with Crippen molar-refractivity contribution in [1.82, 2.24) is 5.32 Å². The number of nitro benzene ring substituents is 1. The Kier molecular flexibility index (Phi) is 3.22. The van der Waals surface area contributed by atoms with E-state index in [2.05, 4.69) is 10.6 Å². The second kappa shape index (κ2) is 4.82. The Morgan fingerprint density at radius 2 is 2.18 bits per heavy atom. The first-order valence-corrected chi connectivity index (χ1v) is 5.43. The van der Waals surface area contributed by atoms with Crippen LogP contribution < -0.4 is 10.6 Å². The van der Waals surface area contributed by atoms with E-state index in [-0.39, 0.29) is 17.6 Å². The van der Waals surface area contributed by atoms with E-state index in [1.54, 1.807) is 18.2 Å². The molecule has 1 aliphatic heterocycles. The summed E-state index contributed by atoms with van der Waals surface area (Å²) in [5, 5.41) is 16.6. The maximum atomic E-state index is 11.0. The van der Waals surface area contributed by atoms with Crippen molar-refractivity contribution in [3.05, 3.63) is 34.4 Å². The molecule has 1 aromatic carbocycles. The van der Waals surface area contributed by atoms with Gasteiger partial charge < -0.3 is 10.6 Å². The van der Waals surface area contributed by atoms with Gasteiger partial charge in [0.15, 0.2) is 0 Å². The predicted molar refractivity (Wildman–Crippen MR) is 62.8 cm³/mol. The fourth-order valence-electron chi connectivity index (χ4n) is 1.83. The summed E-state index contributed by atoms with van der Waals surface area (Å²) < 4.78 is 0. The van der Waals surface area contributed by atoms with Crippen molar-refractivity contribution in [2.45, 2.75) is 18.9 Å². The monoisotopic (exact) mass is 235 g/mol. The van der Waals surface area contributed by atoms with Crippen LogP contribution in [0.3, 0.4) is 0 Å². The van der Waals surface area contributed by atoms with Crippen molar-refractivity contribution in [3.63, 3.8) is 0 Å². The zero-order valence-electron chi connectivity index (χ0n) is 9.18. The zero-order chi connectivity index (χ0) is 12.3. The number of nitrogens with one attached hydrogen (secondary N) is 2. The van der Waals surface area contributed by atoms with Gasteiger partial charge in [0.05, 0.1) is 4.92 Å². The number of carbonyl (C=O) groups excluding carboxylic acids is 1. The van der Waals surface area contributed by atoms with Crippen molar-refractivity contribution < 1.29 is 9.72 Å². The highest BCUT2D eigenvalue weighted by atomic mass is 16.6. The molecule has 1 atom stereocenters. The third-order valence-electron chi connectivity index (χ3n) is 2.73. The van der Waals surface area contributed by atoms with E-state index in [1.165, 1.54) is 6.07 Å². The summed E-state index contributed by atoms with van der Waals surface area (Å²) in [6.07, 6.45) is 1.15. The molecule has 6 heteroatoms. The lowest BCUT2D eigenvalue weighted by molar-refractivity contribution is -0.384. The molecular formula is C11H13N3O3. The molecule has 1 amide bonds. The first-order chi connectivity index (χ1) is 8.16. The van der Waals surface area contributed by atoms with Crippen molar-refractivity contribution in [3.8, 4) is 0 Å². The molecule has 0 bridgehead atoms. The van der Waals surface area contributed by atoms with Gasteiger partial charge in [0.1, 0.15) is 5.69 Å². The maximum absolute atomic E-state index is 11.0. The summed E-state index contributed by atoms with van der Waals surface area (Å²) in [4.78, 5) is 21.4. The van der Waals surface area contributed by atoms with Crippen molar-refractivity contribution in [2.75, 3.05) is 11.9 Å². The van der Waals surface area contributed by atoms with E-state index in [0.717, 1.165) is 0 Å². The van der Waals surface area contributed by atoms with E-state index in [4.69, 9.17) is 0 Å². The number of para-hydroxylation sites is 2. The Bertz CT molecular complexity index is 437. The molecule has 0 radical (unpaired) electrons. The Morgan fingerprint density at radius 1 is 1.41 bits per heavy atom. The molecule has 17 heavy (non-hydrogen) atoms. The minimum absolute atomic E-state index is 0.0330. The minimum atomic E-state index is -0.413. The molecule has 1 heterocycles. The number of rotatable bonds is 3. The Hall–Kier alpha value is -2.11. The van der Waals surface area contributed by atoms with Gasteiger partial charge in [-0.05, 0) is 12.5 Å². The predicted octanol–water partition coefficient (Wildman–Crippen LogP) is 1.29. The van der Waals surface area contributed by atoms with Gasteiger partial charge in [-0.1, -0.05) is 12.1 Å². The van der Waals surface area contributed by atoms with Gasteiger partial charge in [0.2, 0.25) is 5.91 Å². The fraction of sp³-hybridized carbons (Fsp3) is 0.364. The lowest BCUT2D eigenvalue weighted by atomic mass is 10.1. The number of nitrogens with zero attached hydrogens (tertiary/aromatic N) is 1. The van der Waals surface area contributed by atoms with Crippen LogP contribution in [-0.2, 0) is 4.79 Å². The third kappa shape index (κ3) is 2.72. The molecule has 0 aliphatic carbocycles. The average molecular weight is 235 g/mol. The van der Waals surface area contributed by atoms with Gasteiger partial charge in [-0.25, -0.2) is 0 Å². The standard InChI is InChI=1S/C11H13N3O3/c15-11-6-5-8(7-12-11)13-9-3-1-2-4-10(9)14(16)17/h1-4,8,13H,5-7H2,(H,12,15). The van der Waals surface area contributed by atoms with E-state index in [1.807, 2.05) is 0 Å². The molecule has 6 nitrogen and oxygen atoms in total. The molecule has 0 spiro atoms. The Labute approximate surface area is 98.2 Å². The normalized spacial score (nSPS) is 19.5. The summed E-state index contributed by atoms with van der Waals surface area (Å²) in [6.45, 7) is 0.505. The highest BCUT2D eigenvalue weighted by Gasteiger charge is 2.20. The van der Waals surface area contributed by atoms with Gasteiger partial charge in [-0.2, -0.15) is 0 Å². The summed E-state index contributed by atoms with van der Waals surface area (Å²) >= 11 is 0. The Morgan fingerprint density at radius 3 is 2.82 bits per heavy atom. The number of amides is 1. The average Bonchev–Trinajstić information content (AvgIpc) is 2.32. The van der Waals surface area contributed by atoms with Crippen molar-refractivity contribution >= 4 is 17.3 Å². The lowest BCUT2D eigenvalue weighted by Crippen LogP contribution is -2.41. The van der Waals surface area contributed by atoms with E-state index in [0.29, 0.717) is 25.1 Å². The molecule has 1 unspecified atom stereocenters. The van der Waals surface area contributed by atoms with Crippen LogP contribution in [0.15, 0.2) is 24.3 Å². The summed E-state index contributed by atoms with van der Waals surface area (Å²) in [5.41, 5.74) is 0.558. The molecule has 2 N–H and O–H groups in total. The van der Waals surface area contributed by atoms with Crippen LogP contribution in [0.2, 0.25) is 0 Å². The quantitative estimate of drug-likeness (QED) is 0.610. The van der Waals surface area contributed by atoms with Crippen molar-refractivity contribution in [2.24, 2.45) is 0 Å². The van der Waals surface area contributed by atoms with Gasteiger partial charge >= 0.3 is 0 Å². The zero-order valence-corrected chi connectivity index (χ0v) is 9.18. The largest absolute Gasteiger partial charge is 0.375 e. The number of carbonyl (C=O) groups is 1. The van der Waals surface area contributed by atoms with Gasteiger partial charge in [0.25, 0.3) is 5.69 Å². The number of anilines is 1. The second-order valence-electron chi connectivity index (χ2n) is 3.96. The molecule has 90 valence electrons. The van der Waals surface area contributed by atoms with E-state index in [9.17, 15) is 14.9 Å². The smallest absolute Gasteiger partial charge is 0.292 e. The van der Waals surface area contributed by atoms with Crippen LogP contribution in [0.5, 0.6) is 0 Å². The number of piperidine rings is 1. The van der Waals surface area contributed by atoms with Crippen LogP contribution in [0.25, 0.3) is 0 Å². The molecule has 0 saturated carbocycles. The minimum Gasteiger partial charge on any atom is -0.375 e. The summed E-state index contributed by atoms with van der Waals surface area (Å²) in [6, 6.07) is 6.56.